The molecule has 3 N–H and O–H groups in total. The summed E-state index contributed by atoms with van der Waals surface area (Å²) in [5.41, 5.74) is 1.85. The Morgan fingerprint density at radius 1 is 1.19 bits per heavy atom. The summed E-state index contributed by atoms with van der Waals surface area (Å²) >= 11 is 0. The second-order valence-electron chi connectivity index (χ2n) is 12.5. The number of aliphatic hydroxyl groups excluding tert-OH is 2. The monoisotopic (exact) mass is 493 g/mol. The third-order valence-corrected chi connectivity index (χ3v) is 10.7. The topological polar surface area (TPSA) is 81.6 Å². The van der Waals surface area contributed by atoms with Crippen molar-refractivity contribution in [1.29, 1.82) is 0 Å². The quantitative estimate of drug-likeness (QED) is 0.550. The predicted octanol–water partition coefficient (Wildman–Crippen LogP) is 4.07. The summed E-state index contributed by atoms with van der Waals surface area (Å²) < 4.78 is 23.9. The zero-order valence-corrected chi connectivity index (χ0v) is 21.5. The number of fused-ring (bicyclic) bond motifs is 2. The van der Waals surface area contributed by atoms with Crippen molar-refractivity contribution >= 4 is 16.5 Å². The SMILES string of the molecule is Cc1[nH]nc2cc(C3=CCC4[C@]3(C)CC=C3CC5(F)[C@@H](O)[C@H](O)[C@@H](N(C)C)C[C@]56CC[C@@]34O6)ccc12. The molecule has 2 bridgehead atoms. The summed E-state index contributed by atoms with van der Waals surface area (Å²) in [6.07, 6.45) is 5.51. The van der Waals surface area contributed by atoms with Crippen LogP contribution in [0.3, 0.4) is 0 Å². The number of alkyl halides is 1. The van der Waals surface area contributed by atoms with Gasteiger partial charge in [-0.15, -0.1) is 0 Å². The minimum absolute atomic E-state index is 0.127. The van der Waals surface area contributed by atoms with E-state index in [0.717, 1.165) is 41.4 Å². The molecular formula is C29H36FN3O3. The zero-order valence-electron chi connectivity index (χ0n) is 21.5. The summed E-state index contributed by atoms with van der Waals surface area (Å²) in [7, 11) is 3.76. The first-order chi connectivity index (χ1) is 17.0. The number of hydrogen-bond acceptors (Lipinski definition) is 5. The van der Waals surface area contributed by atoms with E-state index in [0.29, 0.717) is 12.8 Å². The number of H-pyrrole nitrogens is 1. The summed E-state index contributed by atoms with van der Waals surface area (Å²) in [4.78, 5) is 1.90. The number of nitrogens with one attached hydrogen (secondary N) is 1. The van der Waals surface area contributed by atoms with Gasteiger partial charge in [-0.05, 0) is 75.9 Å². The maximum absolute atomic E-state index is 16.9. The number of aromatic amines is 1. The number of halogens is 1. The number of allylic oxidation sites excluding steroid dienone is 3. The van der Waals surface area contributed by atoms with Crippen molar-refractivity contribution in [3.8, 4) is 0 Å². The van der Waals surface area contributed by atoms with Gasteiger partial charge in [-0.2, -0.15) is 5.10 Å². The fourth-order valence-electron chi connectivity index (χ4n) is 8.74. The normalized spacial score (nSPS) is 45.3. The van der Waals surface area contributed by atoms with Gasteiger partial charge in [0.1, 0.15) is 11.7 Å². The Labute approximate surface area is 211 Å². The highest BCUT2D eigenvalue weighted by atomic mass is 19.1. The van der Waals surface area contributed by atoms with Crippen molar-refractivity contribution in [2.75, 3.05) is 14.1 Å². The summed E-state index contributed by atoms with van der Waals surface area (Å²) in [6.45, 7) is 4.38. The van der Waals surface area contributed by atoms with E-state index in [1.54, 1.807) is 0 Å². The standard InChI is InChI=1S/C29H36FN3O3/c1-16-19-6-5-17(13-21(19)32-31-16)20-7-8-23-26(20,2)10-9-18-14-29(30)25(35)24(34)22(33(3)4)15-27(29)11-12-28(18,23)36-27/h5-7,9,13,22-25,34-35H,8,10-12,14-15H2,1-4H3,(H,31,32)/t22-,23?,24+,25-,26+,27+,28+,29?/m0/s1. The molecule has 2 spiro atoms. The number of rotatable bonds is 2. The Kier molecular flexibility index (Phi) is 4.53. The average Bonchev–Trinajstić information content (AvgIpc) is 3.51. The number of aliphatic hydroxyl groups is 2. The molecule has 1 aromatic carbocycles. The molecule has 8 atom stereocenters. The lowest BCUT2D eigenvalue weighted by molar-refractivity contribution is -0.282. The molecule has 7 rings (SSSR count). The van der Waals surface area contributed by atoms with Gasteiger partial charge in [0.2, 0.25) is 0 Å². The number of benzene rings is 1. The molecule has 3 fully saturated rings. The minimum atomic E-state index is -1.98. The van der Waals surface area contributed by atoms with E-state index >= 15 is 4.39 Å². The largest absolute Gasteiger partial charge is 0.389 e. The van der Waals surface area contributed by atoms with Crippen LogP contribution in [0, 0.1) is 18.3 Å². The van der Waals surface area contributed by atoms with E-state index < -0.39 is 29.1 Å². The van der Waals surface area contributed by atoms with Gasteiger partial charge >= 0.3 is 0 Å². The van der Waals surface area contributed by atoms with Crippen LogP contribution >= 0.6 is 0 Å². The lowest BCUT2D eigenvalue weighted by Crippen LogP contribution is -2.73. The van der Waals surface area contributed by atoms with E-state index in [4.69, 9.17) is 4.74 Å². The van der Waals surface area contributed by atoms with Gasteiger partial charge < -0.3 is 19.8 Å². The highest BCUT2D eigenvalue weighted by Gasteiger charge is 2.76. The van der Waals surface area contributed by atoms with Crippen LogP contribution in [0.25, 0.3) is 16.5 Å². The minimum Gasteiger partial charge on any atom is -0.389 e. The first kappa shape index (κ1) is 23.1. The first-order valence-corrected chi connectivity index (χ1v) is 13.3. The molecule has 2 aliphatic heterocycles. The third-order valence-electron chi connectivity index (χ3n) is 10.7. The predicted molar refractivity (Wildman–Crippen MR) is 136 cm³/mol. The van der Waals surface area contributed by atoms with Gasteiger partial charge in [-0.25, -0.2) is 4.39 Å². The smallest absolute Gasteiger partial charge is 0.171 e. The molecule has 2 aromatic rings. The van der Waals surface area contributed by atoms with Crippen LogP contribution in [0.15, 0.2) is 35.9 Å². The molecule has 6 nitrogen and oxygen atoms in total. The molecule has 0 radical (unpaired) electrons. The number of hydrogen-bond donors (Lipinski definition) is 3. The van der Waals surface area contributed by atoms with E-state index in [-0.39, 0.29) is 23.8 Å². The lowest BCUT2D eigenvalue weighted by Gasteiger charge is -2.61. The number of aryl methyl sites for hydroxylation is 1. The third kappa shape index (κ3) is 2.58. The van der Waals surface area contributed by atoms with Gasteiger partial charge in [0.05, 0.1) is 17.2 Å². The molecule has 3 aliphatic carbocycles. The molecule has 5 aliphatic rings. The van der Waals surface area contributed by atoms with Crippen molar-refractivity contribution < 1.29 is 19.3 Å². The number of likely N-dealkylation sites (N-methyl/N-ethyl adjacent to an activating group) is 1. The Hall–Kier alpha value is -2.06. The van der Waals surface area contributed by atoms with Crippen molar-refractivity contribution in [3.05, 3.63) is 47.2 Å². The zero-order chi connectivity index (χ0) is 25.3. The van der Waals surface area contributed by atoms with E-state index in [1.165, 1.54) is 11.1 Å². The van der Waals surface area contributed by atoms with Crippen LogP contribution in [0.1, 0.15) is 56.7 Å². The highest BCUT2D eigenvalue weighted by molar-refractivity contribution is 5.86. The molecule has 1 saturated carbocycles. The Morgan fingerprint density at radius 3 is 2.78 bits per heavy atom. The second kappa shape index (κ2) is 7.07. The molecule has 2 unspecified atom stereocenters. The number of ether oxygens (including phenoxy) is 1. The van der Waals surface area contributed by atoms with Crippen molar-refractivity contribution in [2.45, 2.75) is 87.5 Å². The highest BCUT2D eigenvalue weighted by Crippen LogP contribution is 2.70. The van der Waals surface area contributed by atoms with Crippen LogP contribution in [0.4, 0.5) is 4.39 Å². The molecule has 3 heterocycles. The van der Waals surface area contributed by atoms with Crippen LogP contribution in [-0.2, 0) is 4.74 Å². The molecule has 0 amide bonds. The maximum Gasteiger partial charge on any atom is 0.171 e. The first-order valence-electron chi connectivity index (χ1n) is 13.3. The van der Waals surface area contributed by atoms with Crippen molar-refractivity contribution in [1.82, 2.24) is 15.1 Å². The molecular weight excluding hydrogens is 457 g/mol. The molecule has 7 heteroatoms. The molecule has 192 valence electrons. The summed E-state index contributed by atoms with van der Waals surface area (Å²) in [6, 6.07) is 6.19. The number of aromatic nitrogens is 2. The van der Waals surface area contributed by atoms with Crippen LogP contribution in [-0.4, -0.2) is 74.5 Å². The Morgan fingerprint density at radius 2 is 2.00 bits per heavy atom. The van der Waals surface area contributed by atoms with Gasteiger partial charge in [-0.3, -0.25) is 5.10 Å². The van der Waals surface area contributed by atoms with E-state index in [9.17, 15) is 10.2 Å². The average molecular weight is 494 g/mol. The Bertz CT molecular complexity index is 1330. The van der Waals surface area contributed by atoms with Gasteiger partial charge in [0, 0.05) is 34.9 Å². The fourth-order valence-corrected chi connectivity index (χ4v) is 8.74. The number of nitrogens with zero attached hydrogens (tertiary/aromatic N) is 2. The van der Waals surface area contributed by atoms with E-state index in [2.05, 4.69) is 47.5 Å². The van der Waals surface area contributed by atoms with Crippen LogP contribution < -0.4 is 0 Å². The van der Waals surface area contributed by atoms with Crippen molar-refractivity contribution in [2.24, 2.45) is 11.3 Å². The summed E-state index contributed by atoms with van der Waals surface area (Å²) in [5.74, 6) is 0.211. The molecule has 36 heavy (non-hydrogen) atoms. The maximum atomic E-state index is 16.9. The summed E-state index contributed by atoms with van der Waals surface area (Å²) in [5, 5.41) is 30.6. The van der Waals surface area contributed by atoms with Gasteiger partial charge in [-0.1, -0.05) is 31.2 Å². The molecule has 2 saturated heterocycles. The fraction of sp³-hybridized carbons (Fsp3) is 0.621. The second-order valence-corrected chi connectivity index (χ2v) is 12.5. The lowest BCUT2D eigenvalue weighted by atomic mass is 9.56. The molecule has 1 aromatic heterocycles. The van der Waals surface area contributed by atoms with Gasteiger partial charge in [0.15, 0.2) is 5.67 Å². The van der Waals surface area contributed by atoms with E-state index in [1.807, 2.05) is 25.9 Å². The van der Waals surface area contributed by atoms with Crippen molar-refractivity contribution in [3.63, 3.8) is 0 Å². The van der Waals surface area contributed by atoms with Gasteiger partial charge in [0.25, 0.3) is 0 Å². The van der Waals surface area contributed by atoms with Crippen LogP contribution in [0.2, 0.25) is 0 Å². The Balaban J connectivity index is 1.29. The van der Waals surface area contributed by atoms with Crippen LogP contribution in [0.5, 0.6) is 0 Å².